The Kier molecular flexibility index (Phi) is 6.75. The third kappa shape index (κ3) is 4.19. The number of aliphatic hydroxyl groups is 1. The zero-order chi connectivity index (χ0) is 20.5. The molecule has 1 N–H and O–H groups in total. The van der Waals surface area contributed by atoms with Crippen LogP contribution < -0.4 is 4.90 Å². The van der Waals surface area contributed by atoms with E-state index in [0.717, 1.165) is 50.5 Å². The first kappa shape index (κ1) is 21.4. The standard InChI is InChI=1S/C19H24Br2F2N4O2/c20-13-11-14-17(15(16(13)21)18(22)23)24-19(27(14)12-1-9-29-10-2-12)26-5-3-25(4-6-26)7-8-28/h11-12,18,28H,1-10H2. The van der Waals surface area contributed by atoms with Crippen LogP contribution in [0.2, 0.25) is 0 Å². The Morgan fingerprint density at radius 3 is 2.48 bits per heavy atom. The summed E-state index contributed by atoms with van der Waals surface area (Å²) in [5.74, 6) is 0.752. The SMILES string of the molecule is OCCN1CCN(c2nc3c(C(F)F)c(Br)c(Br)cc3n2C2CCOCC2)CC1. The lowest BCUT2D eigenvalue weighted by Crippen LogP contribution is -2.48. The van der Waals surface area contributed by atoms with E-state index in [0.29, 0.717) is 34.2 Å². The first-order valence-corrected chi connectivity index (χ1v) is 11.4. The number of anilines is 1. The van der Waals surface area contributed by atoms with Crippen molar-refractivity contribution in [3.63, 3.8) is 0 Å². The van der Waals surface area contributed by atoms with Crippen molar-refractivity contribution in [1.82, 2.24) is 14.5 Å². The largest absolute Gasteiger partial charge is 0.395 e. The van der Waals surface area contributed by atoms with E-state index in [2.05, 4.69) is 46.2 Å². The van der Waals surface area contributed by atoms with E-state index in [1.165, 1.54) is 0 Å². The summed E-state index contributed by atoms with van der Waals surface area (Å²) in [6.45, 7) is 5.23. The van der Waals surface area contributed by atoms with Crippen molar-refractivity contribution >= 4 is 48.8 Å². The predicted octanol–water partition coefficient (Wildman–Crippen LogP) is 3.96. The van der Waals surface area contributed by atoms with Gasteiger partial charge in [0.2, 0.25) is 5.95 Å². The number of benzene rings is 1. The zero-order valence-corrected chi connectivity index (χ0v) is 19.1. The molecule has 2 aliphatic heterocycles. The van der Waals surface area contributed by atoms with E-state index < -0.39 is 6.43 Å². The van der Waals surface area contributed by atoms with Gasteiger partial charge in [-0.2, -0.15) is 0 Å². The maximum absolute atomic E-state index is 13.9. The van der Waals surface area contributed by atoms with Gasteiger partial charge in [0.05, 0.1) is 17.7 Å². The van der Waals surface area contributed by atoms with Crippen molar-refractivity contribution in [1.29, 1.82) is 0 Å². The Hall–Kier alpha value is -0.810. The molecule has 160 valence electrons. The third-order valence-electron chi connectivity index (χ3n) is 5.74. The van der Waals surface area contributed by atoms with Gasteiger partial charge in [-0.1, -0.05) is 0 Å². The first-order chi connectivity index (χ1) is 14.0. The molecule has 1 aromatic heterocycles. The highest BCUT2D eigenvalue weighted by atomic mass is 79.9. The summed E-state index contributed by atoms with van der Waals surface area (Å²) in [4.78, 5) is 9.14. The fourth-order valence-electron chi connectivity index (χ4n) is 4.22. The molecule has 2 fully saturated rings. The van der Waals surface area contributed by atoms with Crippen LogP contribution >= 0.6 is 31.9 Å². The van der Waals surface area contributed by atoms with E-state index >= 15 is 0 Å². The number of piperazine rings is 1. The number of hydrogen-bond acceptors (Lipinski definition) is 5. The number of rotatable bonds is 5. The number of ether oxygens (including phenoxy) is 1. The fraction of sp³-hybridized carbons (Fsp3) is 0.632. The average molecular weight is 538 g/mol. The van der Waals surface area contributed by atoms with Gasteiger partial charge in [-0.3, -0.25) is 4.90 Å². The molecule has 0 amide bonds. The minimum Gasteiger partial charge on any atom is -0.395 e. The minimum atomic E-state index is -2.63. The Morgan fingerprint density at radius 1 is 1.17 bits per heavy atom. The fourth-order valence-corrected chi connectivity index (χ4v) is 5.13. The van der Waals surface area contributed by atoms with Gasteiger partial charge in [0.1, 0.15) is 5.52 Å². The smallest absolute Gasteiger partial charge is 0.267 e. The summed E-state index contributed by atoms with van der Waals surface area (Å²) in [5, 5.41) is 9.18. The first-order valence-electron chi connectivity index (χ1n) is 9.85. The van der Waals surface area contributed by atoms with Crippen LogP contribution in [0.4, 0.5) is 14.7 Å². The van der Waals surface area contributed by atoms with Gasteiger partial charge in [0, 0.05) is 60.9 Å². The summed E-state index contributed by atoms with van der Waals surface area (Å²) in [5.41, 5.74) is 1.02. The van der Waals surface area contributed by atoms with Crippen molar-refractivity contribution in [3.8, 4) is 0 Å². The molecule has 0 bridgehead atoms. The number of nitrogens with zero attached hydrogens (tertiary/aromatic N) is 4. The molecule has 2 aromatic rings. The average Bonchev–Trinajstić information content (AvgIpc) is 3.08. The number of hydrogen-bond donors (Lipinski definition) is 1. The van der Waals surface area contributed by atoms with Gasteiger partial charge in [-0.15, -0.1) is 0 Å². The highest BCUT2D eigenvalue weighted by Gasteiger charge is 2.30. The van der Waals surface area contributed by atoms with Crippen molar-refractivity contribution in [2.45, 2.75) is 25.3 Å². The predicted molar refractivity (Wildman–Crippen MR) is 115 cm³/mol. The highest BCUT2D eigenvalue weighted by molar-refractivity contribution is 9.13. The van der Waals surface area contributed by atoms with E-state index in [9.17, 15) is 13.9 Å². The molecule has 2 aliphatic rings. The third-order valence-corrected chi connectivity index (χ3v) is 7.75. The summed E-state index contributed by atoms with van der Waals surface area (Å²) in [6, 6.07) is 2.05. The molecule has 4 rings (SSSR count). The van der Waals surface area contributed by atoms with Gasteiger partial charge < -0.3 is 19.3 Å². The quantitative estimate of drug-likeness (QED) is 0.625. The Labute approximate surface area is 185 Å². The molecule has 6 nitrogen and oxygen atoms in total. The van der Waals surface area contributed by atoms with Crippen molar-refractivity contribution in [2.24, 2.45) is 0 Å². The number of halogens is 4. The van der Waals surface area contributed by atoms with Crippen LogP contribution in [0.3, 0.4) is 0 Å². The van der Waals surface area contributed by atoms with E-state index in [4.69, 9.17) is 9.72 Å². The number of β-amino-alcohol motifs (C(OH)–C–C–N with tert-alkyl or cyclic N) is 1. The Morgan fingerprint density at radius 2 is 1.86 bits per heavy atom. The van der Waals surface area contributed by atoms with Crippen LogP contribution in [0.15, 0.2) is 15.0 Å². The molecular formula is C19H24Br2F2N4O2. The molecule has 10 heteroatoms. The van der Waals surface area contributed by atoms with Gasteiger partial charge in [-0.05, 0) is 50.8 Å². The second-order valence-electron chi connectivity index (χ2n) is 7.43. The van der Waals surface area contributed by atoms with E-state index in [-0.39, 0.29) is 18.2 Å². The van der Waals surface area contributed by atoms with Crippen LogP contribution in [0.5, 0.6) is 0 Å². The Bertz CT molecular complexity index is 866. The summed E-state index contributed by atoms with van der Waals surface area (Å²) < 4.78 is 36.5. The lowest BCUT2D eigenvalue weighted by atomic mass is 10.1. The molecule has 0 spiro atoms. The van der Waals surface area contributed by atoms with Crippen LogP contribution in [0.1, 0.15) is 30.9 Å². The number of alkyl halides is 2. The Balaban J connectivity index is 1.81. The molecule has 0 saturated carbocycles. The lowest BCUT2D eigenvalue weighted by Gasteiger charge is -2.36. The second-order valence-corrected chi connectivity index (χ2v) is 9.08. The van der Waals surface area contributed by atoms with Crippen LogP contribution in [-0.2, 0) is 4.74 Å². The van der Waals surface area contributed by atoms with Crippen LogP contribution in [0.25, 0.3) is 11.0 Å². The zero-order valence-electron chi connectivity index (χ0n) is 16.0. The maximum atomic E-state index is 13.9. The molecule has 0 unspecified atom stereocenters. The van der Waals surface area contributed by atoms with Gasteiger partial charge in [0.15, 0.2) is 0 Å². The number of fused-ring (bicyclic) bond motifs is 1. The minimum absolute atomic E-state index is 0.0691. The molecule has 0 radical (unpaired) electrons. The topological polar surface area (TPSA) is 53.8 Å². The number of aliphatic hydroxyl groups excluding tert-OH is 1. The maximum Gasteiger partial charge on any atom is 0.267 e. The lowest BCUT2D eigenvalue weighted by molar-refractivity contribution is 0.0707. The van der Waals surface area contributed by atoms with Crippen molar-refractivity contribution < 1.29 is 18.6 Å². The molecule has 2 saturated heterocycles. The molecular weight excluding hydrogens is 514 g/mol. The van der Waals surface area contributed by atoms with Crippen molar-refractivity contribution in [3.05, 3.63) is 20.6 Å². The summed E-state index contributed by atoms with van der Waals surface area (Å²) >= 11 is 6.75. The monoisotopic (exact) mass is 536 g/mol. The number of imidazole rings is 1. The molecule has 0 aliphatic carbocycles. The van der Waals surface area contributed by atoms with E-state index in [1.54, 1.807) is 0 Å². The molecule has 3 heterocycles. The van der Waals surface area contributed by atoms with Crippen LogP contribution in [-0.4, -0.2) is 72.1 Å². The van der Waals surface area contributed by atoms with Crippen molar-refractivity contribution in [2.75, 3.05) is 57.4 Å². The van der Waals surface area contributed by atoms with Crippen LogP contribution in [0, 0.1) is 0 Å². The van der Waals surface area contributed by atoms with Gasteiger partial charge >= 0.3 is 0 Å². The summed E-state index contributed by atoms with van der Waals surface area (Å²) in [6.07, 6.45) is -0.960. The highest BCUT2D eigenvalue weighted by Crippen LogP contribution is 2.42. The molecule has 29 heavy (non-hydrogen) atoms. The van der Waals surface area contributed by atoms with Gasteiger partial charge in [0.25, 0.3) is 6.43 Å². The van der Waals surface area contributed by atoms with Gasteiger partial charge in [-0.25, -0.2) is 13.8 Å². The molecule has 0 atom stereocenters. The normalized spacial score (nSPS) is 19.6. The van der Waals surface area contributed by atoms with E-state index in [1.807, 2.05) is 6.07 Å². The summed E-state index contributed by atoms with van der Waals surface area (Å²) in [7, 11) is 0. The molecule has 1 aromatic carbocycles. The second kappa shape index (κ2) is 9.13. The number of aromatic nitrogens is 2.